The Bertz CT molecular complexity index is 439. The normalized spacial score (nSPS) is 19.4. The molecule has 1 fully saturated rings. The number of thioether (sulfide) groups is 1. The van der Waals surface area contributed by atoms with E-state index in [-0.39, 0.29) is 5.91 Å². The minimum Gasteiger partial charge on any atom is -0.348 e. The predicted molar refractivity (Wildman–Crippen MR) is 75.3 cm³/mol. The Balaban J connectivity index is 1.99. The largest absolute Gasteiger partial charge is 0.348 e. The zero-order valence-electron chi connectivity index (χ0n) is 11.7. The molecular weight excluding hydrogens is 262 g/mol. The summed E-state index contributed by atoms with van der Waals surface area (Å²) in [5, 5.41) is 12.7. The fraction of sp³-hybridized carbons (Fsp3) is 0.750. The fourth-order valence-electron chi connectivity index (χ4n) is 2.13. The van der Waals surface area contributed by atoms with Crippen molar-refractivity contribution in [3.63, 3.8) is 0 Å². The Hall–Kier alpha value is -1.08. The van der Waals surface area contributed by atoms with Crippen molar-refractivity contribution < 1.29 is 4.79 Å². The van der Waals surface area contributed by atoms with E-state index in [1.165, 1.54) is 18.2 Å². The van der Waals surface area contributed by atoms with E-state index in [2.05, 4.69) is 15.5 Å². The van der Waals surface area contributed by atoms with Crippen molar-refractivity contribution in [2.45, 2.75) is 23.9 Å². The van der Waals surface area contributed by atoms with Gasteiger partial charge < -0.3 is 14.8 Å². The van der Waals surface area contributed by atoms with Crippen molar-refractivity contribution in [2.24, 2.45) is 7.05 Å². The molecule has 0 spiro atoms. The Labute approximate surface area is 117 Å². The lowest BCUT2D eigenvalue weighted by atomic mass is 9.99. The molecule has 1 atom stereocenters. The summed E-state index contributed by atoms with van der Waals surface area (Å²) >= 11 is 1.45. The summed E-state index contributed by atoms with van der Waals surface area (Å²) in [4.78, 5) is 13.2. The molecule has 1 aliphatic rings. The van der Waals surface area contributed by atoms with Gasteiger partial charge in [0.15, 0.2) is 5.16 Å². The second kappa shape index (κ2) is 6.38. The van der Waals surface area contributed by atoms with Crippen molar-refractivity contribution in [1.82, 2.24) is 25.0 Å². The van der Waals surface area contributed by atoms with Crippen LogP contribution in [-0.2, 0) is 11.8 Å². The summed E-state index contributed by atoms with van der Waals surface area (Å²) in [5.74, 6) is 1.95. The van der Waals surface area contributed by atoms with E-state index in [1.54, 1.807) is 19.0 Å². The van der Waals surface area contributed by atoms with Gasteiger partial charge in [0, 0.05) is 33.6 Å². The van der Waals surface area contributed by atoms with Crippen molar-refractivity contribution in [3.8, 4) is 0 Å². The SMILES string of the molecule is CN(C)C(=O)CSc1nnc([C@H]2CCCNC2)n1C. The van der Waals surface area contributed by atoms with Crippen LogP contribution in [0.25, 0.3) is 0 Å². The van der Waals surface area contributed by atoms with Crippen LogP contribution >= 0.6 is 11.8 Å². The lowest BCUT2D eigenvalue weighted by molar-refractivity contribution is -0.125. The van der Waals surface area contributed by atoms with E-state index in [4.69, 9.17) is 0 Å². The smallest absolute Gasteiger partial charge is 0.232 e. The molecular formula is C12H21N5OS. The van der Waals surface area contributed by atoms with Crippen LogP contribution in [0.2, 0.25) is 0 Å². The Morgan fingerprint density at radius 1 is 1.53 bits per heavy atom. The molecule has 0 unspecified atom stereocenters. The molecule has 6 nitrogen and oxygen atoms in total. The van der Waals surface area contributed by atoms with Gasteiger partial charge in [0.2, 0.25) is 5.91 Å². The summed E-state index contributed by atoms with van der Waals surface area (Å²) in [6.07, 6.45) is 2.33. The van der Waals surface area contributed by atoms with E-state index in [0.717, 1.165) is 30.5 Å². The van der Waals surface area contributed by atoms with Gasteiger partial charge in [-0.1, -0.05) is 11.8 Å². The molecule has 0 saturated carbocycles. The number of amides is 1. The van der Waals surface area contributed by atoms with Gasteiger partial charge in [-0.05, 0) is 19.4 Å². The molecule has 1 aromatic heterocycles. The second-order valence-electron chi connectivity index (χ2n) is 5.02. The average molecular weight is 283 g/mol. The Morgan fingerprint density at radius 3 is 2.95 bits per heavy atom. The van der Waals surface area contributed by atoms with Gasteiger partial charge in [-0.25, -0.2) is 0 Å². The molecule has 1 amide bonds. The first-order chi connectivity index (χ1) is 9.09. The number of nitrogens with one attached hydrogen (secondary N) is 1. The van der Waals surface area contributed by atoms with Crippen LogP contribution in [-0.4, -0.2) is 58.5 Å². The van der Waals surface area contributed by atoms with Gasteiger partial charge in [-0.15, -0.1) is 10.2 Å². The fourth-order valence-corrected chi connectivity index (χ4v) is 3.03. The van der Waals surface area contributed by atoms with Gasteiger partial charge in [0.1, 0.15) is 5.82 Å². The van der Waals surface area contributed by atoms with Gasteiger partial charge in [-0.2, -0.15) is 0 Å². The molecule has 1 aliphatic heterocycles. The summed E-state index contributed by atoms with van der Waals surface area (Å²) in [6, 6.07) is 0. The van der Waals surface area contributed by atoms with E-state index in [9.17, 15) is 4.79 Å². The first-order valence-electron chi connectivity index (χ1n) is 6.52. The van der Waals surface area contributed by atoms with Crippen LogP contribution in [0.5, 0.6) is 0 Å². The number of carbonyl (C=O) groups excluding carboxylic acids is 1. The number of nitrogens with zero attached hydrogens (tertiary/aromatic N) is 4. The van der Waals surface area contributed by atoms with Gasteiger partial charge in [0.25, 0.3) is 0 Å². The van der Waals surface area contributed by atoms with Crippen LogP contribution < -0.4 is 5.32 Å². The standard InChI is InChI=1S/C12H21N5OS/c1-16(2)10(18)8-19-12-15-14-11(17(12)3)9-5-4-6-13-7-9/h9,13H,4-8H2,1-3H3/t9-/m0/s1. The van der Waals surface area contributed by atoms with Crippen LogP contribution in [0, 0.1) is 0 Å². The number of carbonyl (C=O) groups is 1. The third-order valence-corrected chi connectivity index (χ3v) is 4.36. The predicted octanol–water partition coefficient (Wildman–Crippen LogP) is 0.462. The van der Waals surface area contributed by atoms with E-state index in [1.807, 2.05) is 11.6 Å². The summed E-state index contributed by atoms with van der Waals surface area (Å²) in [6.45, 7) is 2.06. The molecule has 0 radical (unpaired) electrons. The number of hydrogen-bond acceptors (Lipinski definition) is 5. The molecule has 1 saturated heterocycles. The summed E-state index contributed by atoms with van der Waals surface area (Å²) in [5.41, 5.74) is 0. The highest BCUT2D eigenvalue weighted by molar-refractivity contribution is 7.99. The third-order valence-electron chi connectivity index (χ3n) is 3.35. The van der Waals surface area contributed by atoms with Crippen molar-refractivity contribution >= 4 is 17.7 Å². The molecule has 1 N–H and O–H groups in total. The van der Waals surface area contributed by atoms with Gasteiger partial charge in [-0.3, -0.25) is 4.79 Å². The first-order valence-corrected chi connectivity index (χ1v) is 7.51. The second-order valence-corrected chi connectivity index (χ2v) is 5.96. The average Bonchev–Trinajstić information content (AvgIpc) is 2.78. The number of rotatable bonds is 4. The molecule has 106 valence electrons. The summed E-state index contributed by atoms with van der Waals surface area (Å²) < 4.78 is 2.02. The molecule has 2 rings (SSSR count). The highest BCUT2D eigenvalue weighted by atomic mass is 32.2. The van der Waals surface area contributed by atoms with E-state index in [0.29, 0.717) is 11.7 Å². The molecule has 19 heavy (non-hydrogen) atoms. The van der Waals surface area contributed by atoms with Crippen LogP contribution in [0.3, 0.4) is 0 Å². The van der Waals surface area contributed by atoms with E-state index >= 15 is 0 Å². The zero-order valence-corrected chi connectivity index (χ0v) is 12.5. The minimum atomic E-state index is 0.0916. The molecule has 1 aromatic rings. The van der Waals surface area contributed by atoms with Crippen LogP contribution in [0.1, 0.15) is 24.6 Å². The molecule has 7 heteroatoms. The topological polar surface area (TPSA) is 63.1 Å². The quantitative estimate of drug-likeness (QED) is 0.814. The number of piperidine rings is 1. The maximum absolute atomic E-state index is 11.6. The maximum atomic E-state index is 11.6. The van der Waals surface area contributed by atoms with Gasteiger partial charge in [0.05, 0.1) is 5.75 Å². The van der Waals surface area contributed by atoms with Crippen LogP contribution in [0.4, 0.5) is 0 Å². The van der Waals surface area contributed by atoms with Crippen molar-refractivity contribution in [2.75, 3.05) is 32.9 Å². The monoisotopic (exact) mass is 283 g/mol. The lowest BCUT2D eigenvalue weighted by Gasteiger charge is -2.21. The highest BCUT2D eigenvalue weighted by Gasteiger charge is 2.22. The molecule has 0 aromatic carbocycles. The minimum absolute atomic E-state index is 0.0916. The highest BCUT2D eigenvalue weighted by Crippen LogP contribution is 2.24. The third kappa shape index (κ3) is 3.48. The zero-order chi connectivity index (χ0) is 13.8. The summed E-state index contributed by atoms with van der Waals surface area (Å²) in [7, 11) is 5.50. The molecule has 0 aliphatic carbocycles. The molecule has 0 bridgehead atoms. The van der Waals surface area contributed by atoms with E-state index < -0.39 is 0 Å². The van der Waals surface area contributed by atoms with Gasteiger partial charge >= 0.3 is 0 Å². The van der Waals surface area contributed by atoms with Crippen molar-refractivity contribution in [1.29, 1.82) is 0 Å². The molecule has 2 heterocycles. The maximum Gasteiger partial charge on any atom is 0.232 e. The number of hydrogen-bond donors (Lipinski definition) is 1. The van der Waals surface area contributed by atoms with Crippen LogP contribution in [0.15, 0.2) is 5.16 Å². The lowest BCUT2D eigenvalue weighted by Crippen LogP contribution is -2.29. The first kappa shape index (κ1) is 14.3. The Kier molecular flexibility index (Phi) is 4.81. The van der Waals surface area contributed by atoms with Crippen molar-refractivity contribution in [3.05, 3.63) is 5.82 Å². The Morgan fingerprint density at radius 2 is 2.32 bits per heavy atom. The number of aromatic nitrogens is 3.